The number of thiazole rings is 1. The van der Waals surface area contributed by atoms with Gasteiger partial charge in [0.25, 0.3) is 5.91 Å². The van der Waals surface area contributed by atoms with Crippen LogP contribution in [0, 0.1) is 25.6 Å². The highest BCUT2D eigenvalue weighted by Crippen LogP contribution is 2.49. The molecule has 2 aromatic rings. The number of anilines is 1. The maximum Gasteiger partial charge on any atom is 0.296 e. The second-order valence-corrected chi connectivity index (χ2v) is 9.07. The maximum absolute atomic E-state index is 14.8. The van der Waals surface area contributed by atoms with Gasteiger partial charge in [0, 0.05) is 10.4 Å². The molecular weight excluding hydrogens is 391 g/mol. The summed E-state index contributed by atoms with van der Waals surface area (Å²) in [5, 5.41) is 0.465. The zero-order valence-electron chi connectivity index (χ0n) is 16.3. The smallest absolute Gasteiger partial charge is 0.296 e. The van der Waals surface area contributed by atoms with E-state index in [0.717, 1.165) is 36.3 Å². The highest BCUT2D eigenvalue weighted by Gasteiger charge is 2.53. The first-order valence-electron chi connectivity index (χ1n) is 9.94. The summed E-state index contributed by atoms with van der Waals surface area (Å²) in [5.74, 6) is -1.11. The highest BCUT2D eigenvalue weighted by atomic mass is 32.1. The monoisotopic (exact) mass is 412 g/mol. The minimum Gasteiger partial charge on any atom is -0.483 e. The summed E-state index contributed by atoms with van der Waals surface area (Å²) in [6.45, 7) is 3.80. The van der Waals surface area contributed by atoms with Crippen LogP contribution in [0.15, 0.2) is 35.6 Å². The molecule has 3 heterocycles. The Morgan fingerprint density at radius 1 is 1.17 bits per heavy atom. The van der Waals surface area contributed by atoms with Crippen LogP contribution < -0.4 is 4.90 Å². The molecule has 1 fully saturated rings. The van der Waals surface area contributed by atoms with Crippen LogP contribution in [-0.4, -0.2) is 22.8 Å². The largest absolute Gasteiger partial charge is 0.483 e. The number of amides is 1. The number of carbonyl (C=O) groups excluding carboxylic acids is 2. The first kappa shape index (κ1) is 18.5. The van der Waals surface area contributed by atoms with Gasteiger partial charge in [0.15, 0.2) is 16.7 Å². The van der Waals surface area contributed by atoms with Gasteiger partial charge in [-0.25, -0.2) is 9.37 Å². The van der Waals surface area contributed by atoms with Crippen molar-refractivity contribution < 1.29 is 18.7 Å². The van der Waals surface area contributed by atoms with Gasteiger partial charge in [0.2, 0.25) is 0 Å². The Kier molecular flexibility index (Phi) is 4.31. The molecule has 3 atom stereocenters. The molecule has 3 aliphatic rings. The number of carbonyl (C=O) groups is 2. The third-order valence-corrected chi connectivity index (χ3v) is 7.26. The summed E-state index contributed by atoms with van der Waals surface area (Å²) in [5.41, 5.74) is 1.40. The van der Waals surface area contributed by atoms with Crippen LogP contribution in [0.1, 0.15) is 47.9 Å². The number of hydrogen-bond acceptors (Lipinski definition) is 5. The van der Waals surface area contributed by atoms with Gasteiger partial charge in [-0.15, -0.1) is 11.3 Å². The Balaban J connectivity index is 1.69. The molecule has 0 N–H and O–H groups in total. The van der Waals surface area contributed by atoms with E-state index >= 15 is 0 Å². The lowest BCUT2D eigenvalue weighted by Crippen LogP contribution is -2.39. The maximum atomic E-state index is 14.8. The van der Waals surface area contributed by atoms with E-state index in [9.17, 15) is 14.0 Å². The third-order valence-electron chi connectivity index (χ3n) is 6.19. The van der Waals surface area contributed by atoms with E-state index in [1.807, 2.05) is 13.8 Å². The molecule has 1 aromatic carbocycles. The van der Waals surface area contributed by atoms with Crippen LogP contribution in [0.25, 0.3) is 0 Å². The summed E-state index contributed by atoms with van der Waals surface area (Å²) < 4.78 is 20.9. The van der Waals surface area contributed by atoms with Crippen molar-refractivity contribution in [2.24, 2.45) is 5.92 Å². The Hall–Kier alpha value is -2.54. The van der Waals surface area contributed by atoms with Crippen molar-refractivity contribution in [1.82, 2.24) is 4.98 Å². The van der Waals surface area contributed by atoms with Gasteiger partial charge in [-0.1, -0.05) is 24.6 Å². The first-order valence-corrected chi connectivity index (χ1v) is 10.8. The standard InChI is InChI=1S/C22H21FN2O3S/c1-11-12(2)29-22(24-11)25-18(13-7-3-5-9-15(13)23)17-19(26)14-8-4-6-10-16(14)28-20(17)21(25)27/h3,5,7,9,14,16,18H,4,6,8,10H2,1-2H3. The van der Waals surface area contributed by atoms with Gasteiger partial charge in [-0.3, -0.25) is 14.5 Å². The number of nitrogens with zero attached hydrogens (tertiary/aromatic N) is 2. The van der Waals surface area contributed by atoms with E-state index in [2.05, 4.69) is 4.98 Å². The number of rotatable bonds is 2. The van der Waals surface area contributed by atoms with Crippen molar-refractivity contribution in [3.63, 3.8) is 0 Å². The predicted molar refractivity (Wildman–Crippen MR) is 107 cm³/mol. The lowest BCUT2D eigenvalue weighted by Gasteiger charge is -2.35. The van der Waals surface area contributed by atoms with Gasteiger partial charge < -0.3 is 4.74 Å². The average Bonchev–Trinajstić information content (AvgIpc) is 3.19. The van der Waals surface area contributed by atoms with E-state index < -0.39 is 17.8 Å². The number of halogens is 1. The van der Waals surface area contributed by atoms with Crippen LogP contribution in [0.3, 0.4) is 0 Å². The summed E-state index contributed by atoms with van der Waals surface area (Å²) in [7, 11) is 0. The van der Waals surface area contributed by atoms with Crippen molar-refractivity contribution in [2.75, 3.05) is 4.90 Å². The quantitative estimate of drug-likeness (QED) is 0.734. The van der Waals surface area contributed by atoms with E-state index in [0.29, 0.717) is 10.7 Å². The van der Waals surface area contributed by atoms with Crippen LogP contribution >= 0.6 is 11.3 Å². The van der Waals surface area contributed by atoms with Gasteiger partial charge in [-0.2, -0.15) is 0 Å². The molecule has 1 aliphatic carbocycles. The van der Waals surface area contributed by atoms with Gasteiger partial charge in [0.1, 0.15) is 18.0 Å². The highest BCUT2D eigenvalue weighted by molar-refractivity contribution is 7.15. The fourth-order valence-electron chi connectivity index (χ4n) is 4.59. The van der Waals surface area contributed by atoms with Crippen LogP contribution in [-0.2, 0) is 14.3 Å². The Morgan fingerprint density at radius 3 is 2.66 bits per heavy atom. The summed E-state index contributed by atoms with van der Waals surface area (Å²) in [6.07, 6.45) is 3.19. The Labute approximate surface area is 172 Å². The molecule has 29 heavy (non-hydrogen) atoms. The van der Waals surface area contributed by atoms with E-state index in [-0.39, 0.29) is 29.1 Å². The molecule has 5 nitrogen and oxygen atoms in total. The summed E-state index contributed by atoms with van der Waals surface area (Å²) in [4.78, 5) is 33.8. The molecule has 7 heteroatoms. The van der Waals surface area contributed by atoms with Crippen molar-refractivity contribution in [3.8, 4) is 0 Å². The van der Waals surface area contributed by atoms with E-state index in [1.54, 1.807) is 18.2 Å². The van der Waals surface area contributed by atoms with Gasteiger partial charge in [0.05, 0.1) is 17.2 Å². The number of aromatic nitrogens is 1. The number of Topliss-reactive ketones (excluding diaryl/α,β-unsaturated/α-hetero) is 1. The summed E-state index contributed by atoms with van der Waals surface area (Å²) >= 11 is 1.37. The van der Waals surface area contributed by atoms with Crippen LogP contribution in [0.2, 0.25) is 0 Å². The number of ether oxygens (including phenoxy) is 1. The zero-order valence-corrected chi connectivity index (χ0v) is 17.1. The number of ketones is 1. The fraction of sp³-hybridized carbons (Fsp3) is 0.409. The number of aryl methyl sites for hydroxylation is 2. The van der Waals surface area contributed by atoms with E-state index in [4.69, 9.17) is 4.74 Å². The predicted octanol–water partition coefficient (Wildman–Crippen LogP) is 4.40. The molecule has 5 rings (SSSR count). The van der Waals surface area contributed by atoms with Crippen LogP contribution in [0.4, 0.5) is 9.52 Å². The molecule has 0 saturated heterocycles. The molecular formula is C22H21FN2O3S. The molecule has 150 valence electrons. The number of fused-ring (bicyclic) bond motifs is 1. The second kappa shape index (κ2) is 6.76. The average molecular weight is 412 g/mol. The van der Waals surface area contributed by atoms with Gasteiger partial charge in [-0.05, 0) is 39.2 Å². The Morgan fingerprint density at radius 2 is 1.93 bits per heavy atom. The lowest BCUT2D eigenvalue weighted by molar-refractivity contribution is -0.131. The second-order valence-electron chi connectivity index (χ2n) is 7.89. The van der Waals surface area contributed by atoms with Crippen molar-refractivity contribution >= 4 is 28.2 Å². The topological polar surface area (TPSA) is 59.5 Å². The normalized spacial score (nSPS) is 26.4. The molecule has 0 radical (unpaired) electrons. The molecule has 0 spiro atoms. The number of hydrogen-bond donors (Lipinski definition) is 0. The van der Waals surface area contributed by atoms with Crippen molar-refractivity contribution in [1.29, 1.82) is 0 Å². The SMILES string of the molecule is Cc1nc(N2C(=O)C3=C(C(=O)C4CCCCC4O3)C2c2ccccc2F)sc1C. The van der Waals surface area contributed by atoms with Crippen molar-refractivity contribution in [2.45, 2.75) is 51.7 Å². The zero-order chi connectivity index (χ0) is 20.3. The van der Waals surface area contributed by atoms with Crippen LogP contribution in [0.5, 0.6) is 0 Å². The molecule has 1 amide bonds. The molecule has 2 aliphatic heterocycles. The van der Waals surface area contributed by atoms with E-state index in [1.165, 1.54) is 22.3 Å². The molecule has 3 unspecified atom stereocenters. The molecule has 0 bridgehead atoms. The van der Waals surface area contributed by atoms with Gasteiger partial charge >= 0.3 is 0 Å². The first-order chi connectivity index (χ1) is 14.0. The fourth-order valence-corrected chi connectivity index (χ4v) is 5.53. The molecule has 1 aromatic heterocycles. The summed E-state index contributed by atoms with van der Waals surface area (Å²) in [6, 6.07) is 5.45. The number of benzene rings is 1. The lowest BCUT2D eigenvalue weighted by atomic mass is 9.77. The third kappa shape index (κ3) is 2.74. The minimum absolute atomic E-state index is 0.0787. The van der Waals surface area contributed by atoms with Crippen molar-refractivity contribution in [3.05, 3.63) is 57.5 Å². The molecule has 1 saturated carbocycles. The Bertz CT molecular complexity index is 1040. The minimum atomic E-state index is -0.848.